The first-order chi connectivity index (χ1) is 11.9. The van der Waals surface area contributed by atoms with E-state index in [1.165, 1.54) is 22.7 Å². The summed E-state index contributed by atoms with van der Waals surface area (Å²) in [6.45, 7) is 1.12. The zero-order chi connectivity index (χ0) is 18.3. The van der Waals surface area contributed by atoms with Crippen molar-refractivity contribution in [2.24, 2.45) is 0 Å². The van der Waals surface area contributed by atoms with Gasteiger partial charge in [0, 0.05) is 49.8 Å². The van der Waals surface area contributed by atoms with Crippen LogP contribution in [0.3, 0.4) is 0 Å². The third-order valence-electron chi connectivity index (χ3n) is 3.89. The van der Waals surface area contributed by atoms with Crippen LogP contribution < -0.4 is 10.6 Å². The molecule has 9 heteroatoms. The Morgan fingerprint density at radius 3 is 2.60 bits per heavy atom. The number of rotatable bonds is 7. The number of hydrogen-bond donors (Lipinski definition) is 2. The second-order valence-electron chi connectivity index (χ2n) is 5.68. The number of alkyl halides is 3. The van der Waals surface area contributed by atoms with Gasteiger partial charge in [-0.2, -0.15) is 13.2 Å². The first-order valence-electron chi connectivity index (χ1n) is 8.03. The molecular formula is C16H21F4N3OS. The standard InChI is InChI=1S/C16H21F4N3OS/c17-12-3-1-2-4-13(12)25-10-5-15(24)22-11-14(16(18,19)20)23-8-6-21-7-9-23/h1-4,14,21H,5-11H2,(H,22,24). The van der Waals surface area contributed by atoms with E-state index in [1.807, 2.05) is 0 Å². The van der Waals surface area contributed by atoms with Crippen molar-refractivity contribution in [3.8, 4) is 0 Å². The SMILES string of the molecule is O=C(CCSc1ccccc1F)NCC(N1CCNCC1)C(F)(F)F. The van der Waals surface area contributed by atoms with Gasteiger partial charge in [-0.05, 0) is 12.1 Å². The van der Waals surface area contributed by atoms with Gasteiger partial charge >= 0.3 is 6.18 Å². The Hall–Kier alpha value is -1.32. The van der Waals surface area contributed by atoms with Gasteiger partial charge in [-0.25, -0.2) is 4.39 Å². The molecule has 140 valence electrons. The number of piperazine rings is 1. The van der Waals surface area contributed by atoms with Crippen molar-refractivity contribution in [1.82, 2.24) is 15.5 Å². The minimum atomic E-state index is -4.40. The highest BCUT2D eigenvalue weighted by atomic mass is 32.2. The van der Waals surface area contributed by atoms with Crippen LogP contribution >= 0.6 is 11.8 Å². The summed E-state index contributed by atoms with van der Waals surface area (Å²) >= 11 is 1.17. The summed E-state index contributed by atoms with van der Waals surface area (Å²) in [4.78, 5) is 13.6. The van der Waals surface area contributed by atoms with E-state index in [9.17, 15) is 22.4 Å². The quantitative estimate of drug-likeness (QED) is 0.564. The predicted octanol–water partition coefficient (Wildman–Crippen LogP) is 2.26. The Morgan fingerprint density at radius 2 is 1.96 bits per heavy atom. The molecule has 1 aliphatic rings. The van der Waals surface area contributed by atoms with Crippen molar-refractivity contribution in [1.29, 1.82) is 0 Å². The Bertz CT molecular complexity index is 565. The molecule has 25 heavy (non-hydrogen) atoms. The van der Waals surface area contributed by atoms with E-state index in [1.54, 1.807) is 18.2 Å². The molecule has 2 rings (SSSR count). The van der Waals surface area contributed by atoms with E-state index in [-0.39, 0.29) is 12.2 Å². The molecule has 1 aliphatic heterocycles. The summed E-state index contributed by atoms with van der Waals surface area (Å²) < 4.78 is 53.1. The number of carbonyl (C=O) groups is 1. The first kappa shape index (κ1) is 20.0. The summed E-state index contributed by atoms with van der Waals surface area (Å²) in [6.07, 6.45) is -4.36. The number of nitrogens with one attached hydrogen (secondary N) is 2. The van der Waals surface area contributed by atoms with E-state index in [2.05, 4.69) is 10.6 Å². The van der Waals surface area contributed by atoms with Crippen molar-refractivity contribution in [2.75, 3.05) is 38.5 Å². The number of hydrogen-bond acceptors (Lipinski definition) is 4. The lowest BCUT2D eigenvalue weighted by molar-refractivity contribution is -0.184. The summed E-state index contributed by atoms with van der Waals surface area (Å²) in [7, 11) is 0. The topological polar surface area (TPSA) is 44.4 Å². The fourth-order valence-electron chi connectivity index (χ4n) is 2.56. The number of halogens is 4. The van der Waals surface area contributed by atoms with Crippen LogP contribution in [0.25, 0.3) is 0 Å². The average Bonchev–Trinajstić information content (AvgIpc) is 2.56. The predicted molar refractivity (Wildman–Crippen MR) is 89.0 cm³/mol. The van der Waals surface area contributed by atoms with Crippen LogP contribution in [0.5, 0.6) is 0 Å². The molecule has 4 nitrogen and oxygen atoms in total. The van der Waals surface area contributed by atoms with Crippen LogP contribution in [-0.4, -0.2) is 61.5 Å². The zero-order valence-electron chi connectivity index (χ0n) is 13.6. The van der Waals surface area contributed by atoms with Crippen molar-refractivity contribution in [3.05, 3.63) is 30.1 Å². The van der Waals surface area contributed by atoms with Gasteiger partial charge in [0.15, 0.2) is 0 Å². The lowest BCUT2D eigenvalue weighted by Gasteiger charge is -2.35. The molecule has 1 saturated heterocycles. The van der Waals surface area contributed by atoms with Gasteiger partial charge in [-0.15, -0.1) is 11.8 Å². The molecule has 1 unspecified atom stereocenters. The van der Waals surface area contributed by atoms with E-state index in [0.29, 0.717) is 36.8 Å². The molecule has 0 saturated carbocycles. The number of amides is 1. The monoisotopic (exact) mass is 379 g/mol. The third-order valence-corrected chi connectivity index (χ3v) is 4.94. The average molecular weight is 379 g/mol. The largest absolute Gasteiger partial charge is 0.405 e. The van der Waals surface area contributed by atoms with Crippen LogP contribution in [0.15, 0.2) is 29.2 Å². The molecule has 1 atom stereocenters. The second-order valence-corrected chi connectivity index (χ2v) is 6.81. The number of nitrogens with zero attached hydrogens (tertiary/aromatic N) is 1. The van der Waals surface area contributed by atoms with Gasteiger partial charge in [-0.3, -0.25) is 9.69 Å². The molecule has 1 aromatic carbocycles. The number of benzene rings is 1. The fourth-order valence-corrected chi connectivity index (χ4v) is 3.45. The third kappa shape index (κ3) is 6.48. The number of carbonyl (C=O) groups excluding carboxylic acids is 1. The van der Waals surface area contributed by atoms with Crippen LogP contribution in [0.1, 0.15) is 6.42 Å². The van der Waals surface area contributed by atoms with Crippen LogP contribution in [0.2, 0.25) is 0 Å². The van der Waals surface area contributed by atoms with E-state index in [0.717, 1.165) is 0 Å². The van der Waals surface area contributed by atoms with Crippen molar-refractivity contribution < 1.29 is 22.4 Å². The maximum Gasteiger partial charge on any atom is 0.405 e. The highest BCUT2D eigenvalue weighted by molar-refractivity contribution is 7.99. The van der Waals surface area contributed by atoms with Gasteiger partial charge in [0.1, 0.15) is 11.9 Å². The Labute approximate surface area is 148 Å². The summed E-state index contributed by atoms with van der Waals surface area (Å²) in [6, 6.07) is 4.50. The van der Waals surface area contributed by atoms with Gasteiger partial charge in [0.25, 0.3) is 0 Å². The molecule has 0 aliphatic carbocycles. The molecule has 0 spiro atoms. The molecule has 0 bridgehead atoms. The van der Waals surface area contributed by atoms with Gasteiger partial charge < -0.3 is 10.6 Å². The zero-order valence-corrected chi connectivity index (χ0v) is 14.4. The van der Waals surface area contributed by atoms with E-state index < -0.39 is 24.7 Å². The van der Waals surface area contributed by atoms with Crippen LogP contribution in [0, 0.1) is 5.82 Å². The van der Waals surface area contributed by atoms with Gasteiger partial charge in [0.05, 0.1) is 0 Å². The highest BCUT2D eigenvalue weighted by Gasteiger charge is 2.43. The lowest BCUT2D eigenvalue weighted by atomic mass is 10.2. The minimum Gasteiger partial charge on any atom is -0.354 e. The highest BCUT2D eigenvalue weighted by Crippen LogP contribution is 2.25. The smallest absolute Gasteiger partial charge is 0.354 e. The fraction of sp³-hybridized carbons (Fsp3) is 0.562. The minimum absolute atomic E-state index is 0.0329. The molecule has 2 N–H and O–H groups in total. The molecule has 0 aromatic heterocycles. The molecule has 1 fully saturated rings. The molecule has 0 radical (unpaired) electrons. The summed E-state index contributed by atoms with van der Waals surface area (Å²) in [5.74, 6) is -0.533. The maximum atomic E-state index is 13.4. The van der Waals surface area contributed by atoms with Crippen LogP contribution in [0.4, 0.5) is 17.6 Å². The van der Waals surface area contributed by atoms with Crippen LogP contribution in [-0.2, 0) is 4.79 Å². The summed E-state index contributed by atoms with van der Waals surface area (Å²) in [5.41, 5.74) is 0. The van der Waals surface area contributed by atoms with E-state index in [4.69, 9.17) is 0 Å². The maximum absolute atomic E-state index is 13.4. The Balaban J connectivity index is 1.77. The Morgan fingerprint density at radius 1 is 1.28 bits per heavy atom. The van der Waals surface area contributed by atoms with Gasteiger partial charge in [0.2, 0.25) is 5.91 Å². The molecule has 1 heterocycles. The summed E-state index contributed by atoms with van der Waals surface area (Å²) in [5, 5.41) is 5.36. The second kappa shape index (κ2) is 9.40. The Kier molecular flexibility index (Phi) is 7.52. The first-order valence-corrected chi connectivity index (χ1v) is 9.02. The van der Waals surface area contributed by atoms with Crippen molar-refractivity contribution in [2.45, 2.75) is 23.5 Å². The van der Waals surface area contributed by atoms with Crippen molar-refractivity contribution in [3.63, 3.8) is 0 Å². The number of thioether (sulfide) groups is 1. The molecule has 1 amide bonds. The normalized spacial score (nSPS) is 17.3. The molecule has 1 aromatic rings. The van der Waals surface area contributed by atoms with Crippen molar-refractivity contribution >= 4 is 17.7 Å². The van der Waals surface area contributed by atoms with E-state index >= 15 is 0 Å². The van der Waals surface area contributed by atoms with Gasteiger partial charge in [-0.1, -0.05) is 12.1 Å². The lowest BCUT2D eigenvalue weighted by Crippen LogP contribution is -2.57. The molecular weight excluding hydrogens is 358 g/mol.